The second kappa shape index (κ2) is 28.7. The molecule has 6 atom stereocenters. The largest absolute Gasteiger partial charge is 0.370 e. The van der Waals surface area contributed by atoms with Crippen LogP contribution < -0.4 is 61.0 Å². The number of likely N-dealkylation sites (tertiary alicyclic amines) is 1. The average Bonchev–Trinajstić information content (AvgIpc) is 3.79. The Morgan fingerprint density at radius 3 is 1.65 bits per heavy atom. The third-order valence-corrected chi connectivity index (χ3v) is 11.1. The number of benzene rings is 2. The van der Waals surface area contributed by atoms with Gasteiger partial charge in [-0.05, 0) is 81.3 Å². The summed E-state index contributed by atoms with van der Waals surface area (Å²) >= 11 is 0. The topological polar surface area (TPSA) is 381 Å². The van der Waals surface area contributed by atoms with Gasteiger partial charge < -0.3 is 65.9 Å². The minimum Gasteiger partial charge on any atom is -0.370 e. The quantitative estimate of drug-likeness (QED) is 0.0244. The zero-order chi connectivity index (χ0) is 50.2. The predicted molar refractivity (Wildman–Crippen MR) is 256 cm³/mol. The fraction of sp³-hybridized carbons (Fsp3) is 0.522. The van der Waals surface area contributed by atoms with Gasteiger partial charge in [0.25, 0.3) is 0 Å². The van der Waals surface area contributed by atoms with Gasteiger partial charge in [0, 0.05) is 26.1 Å². The van der Waals surface area contributed by atoms with Crippen LogP contribution in [0.1, 0.15) is 89.2 Å². The van der Waals surface area contributed by atoms with Crippen molar-refractivity contribution in [2.45, 2.75) is 127 Å². The molecule has 8 amide bonds. The Hall–Kier alpha value is -7.26. The lowest BCUT2D eigenvalue weighted by molar-refractivity contribution is -0.142. The highest BCUT2D eigenvalue weighted by Crippen LogP contribution is 2.21. The summed E-state index contributed by atoms with van der Waals surface area (Å²) in [5.41, 5.74) is 34.5. The molecule has 1 saturated heterocycles. The van der Waals surface area contributed by atoms with Crippen molar-refractivity contribution in [2.24, 2.45) is 50.3 Å². The Morgan fingerprint density at radius 1 is 0.618 bits per heavy atom. The first kappa shape index (κ1) is 55.1. The van der Waals surface area contributed by atoms with Crippen molar-refractivity contribution in [1.29, 1.82) is 0 Å². The van der Waals surface area contributed by atoms with Crippen LogP contribution in [0.5, 0.6) is 0 Å². The molecular formula is C46H70N14O8. The fourth-order valence-electron chi connectivity index (χ4n) is 7.64. The van der Waals surface area contributed by atoms with E-state index in [1.807, 2.05) is 74.5 Å². The molecule has 22 nitrogen and oxygen atoms in total. The van der Waals surface area contributed by atoms with Crippen LogP contribution >= 0.6 is 0 Å². The first-order valence-corrected chi connectivity index (χ1v) is 22.9. The van der Waals surface area contributed by atoms with Crippen molar-refractivity contribution >= 4 is 59.2 Å². The summed E-state index contributed by atoms with van der Waals surface area (Å²) in [6.07, 6.45) is 1.85. The maximum absolute atomic E-state index is 14.6. The number of nitrogens with one attached hydrogen (secondary N) is 5. The number of nitrogens with zero attached hydrogens (tertiary/aromatic N) is 3. The number of carbonyl (C=O) groups is 8. The molecule has 17 N–H and O–H groups in total. The van der Waals surface area contributed by atoms with E-state index in [2.05, 4.69) is 36.6 Å². The van der Waals surface area contributed by atoms with Crippen LogP contribution in [-0.2, 0) is 51.2 Å². The highest BCUT2D eigenvalue weighted by molar-refractivity contribution is 5.97. The molecule has 0 aliphatic carbocycles. The molecule has 372 valence electrons. The molecule has 2 aromatic carbocycles. The molecule has 1 heterocycles. The number of guanidine groups is 2. The molecule has 0 saturated carbocycles. The molecule has 1 aliphatic rings. The van der Waals surface area contributed by atoms with E-state index in [4.69, 9.17) is 34.4 Å². The lowest BCUT2D eigenvalue weighted by Gasteiger charge is -2.31. The molecule has 68 heavy (non-hydrogen) atoms. The second-order valence-electron chi connectivity index (χ2n) is 17.2. The van der Waals surface area contributed by atoms with Gasteiger partial charge in [-0.2, -0.15) is 0 Å². The predicted octanol–water partition coefficient (Wildman–Crippen LogP) is -1.82. The van der Waals surface area contributed by atoms with E-state index < -0.39 is 84.0 Å². The maximum Gasteiger partial charge on any atom is 0.245 e. The van der Waals surface area contributed by atoms with Gasteiger partial charge in [0.05, 0.1) is 6.42 Å². The van der Waals surface area contributed by atoms with Gasteiger partial charge in [-0.1, -0.05) is 74.5 Å². The molecule has 0 radical (unpaired) electrons. The lowest BCUT2D eigenvalue weighted by Crippen LogP contribution is -2.59. The Labute approximate surface area is 397 Å². The summed E-state index contributed by atoms with van der Waals surface area (Å²) < 4.78 is 0. The Balaban J connectivity index is 1.89. The van der Waals surface area contributed by atoms with Gasteiger partial charge in [-0.3, -0.25) is 48.3 Å². The molecule has 22 heteroatoms. The molecule has 0 spiro atoms. The molecule has 2 aromatic rings. The SMILES string of the molecule is CC(C)C[C@H](NC(=O)CCc1ccccc1)C(=O)N[C@@H](CCc1ccccc1)C(=O)N[C@@H](CCCN=C(N)N)C(=O)N1CCC[C@H]1C(=O)N[C@@H](CCCN=C(N)N)C(=O)N[C@@H](CC(N)=O)C(N)=O. The fourth-order valence-corrected chi connectivity index (χ4v) is 7.64. The number of hydrogen-bond acceptors (Lipinski definition) is 10. The molecule has 0 unspecified atom stereocenters. The molecule has 3 rings (SSSR count). The van der Waals surface area contributed by atoms with Crippen molar-refractivity contribution in [3.63, 3.8) is 0 Å². The van der Waals surface area contributed by atoms with Crippen molar-refractivity contribution in [3.05, 3.63) is 71.8 Å². The number of carbonyl (C=O) groups excluding carboxylic acids is 8. The van der Waals surface area contributed by atoms with E-state index in [9.17, 15) is 38.4 Å². The van der Waals surface area contributed by atoms with Crippen molar-refractivity contribution in [1.82, 2.24) is 31.5 Å². The number of aryl methyl sites for hydroxylation is 2. The van der Waals surface area contributed by atoms with E-state index in [0.29, 0.717) is 19.3 Å². The van der Waals surface area contributed by atoms with Crippen molar-refractivity contribution in [3.8, 4) is 0 Å². The second-order valence-corrected chi connectivity index (χ2v) is 17.2. The Bertz CT molecular complexity index is 2060. The van der Waals surface area contributed by atoms with Gasteiger partial charge in [-0.15, -0.1) is 0 Å². The minimum absolute atomic E-state index is 0.00200. The van der Waals surface area contributed by atoms with Gasteiger partial charge >= 0.3 is 0 Å². The average molecular weight is 947 g/mol. The molecule has 1 aliphatic heterocycles. The maximum atomic E-state index is 14.6. The number of aliphatic imine (C=N–C) groups is 2. The number of amides is 8. The Kier molecular flexibility index (Phi) is 23.2. The first-order valence-electron chi connectivity index (χ1n) is 22.9. The van der Waals surface area contributed by atoms with Gasteiger partial charge in [0.1, 0.15) is 36.3 Å². The summed E-state index contributed by atoms with van der Waals surface area (Å²) in [5.74, 6) is -6.03. The number of rotatable bonds is 29. The van der Waals surface area contributed by atoms with Crippen LogP contribution in [0, 0.1) is 5.92 Å². The Morgan fingerprint density at radius 2 is 1.12 bits per heavy atom. The van der Waals surface area contributed by atoms with Crippen molar-refractivity contribution < 1.29 is 38.4 Å². The van der Waals surface area contributed by atoms with Crippen LogP contribution in [0.4, 0.5) is 0 Å². The normalized spacial score (nSPS) is 15.3. The standard InChI is InChI=1S/C46H70N14O8/c1-28(2)26-35(55-38(62)22-20-30-14-7-4-8-15-30)42(66)56-32(21-19-29-12-5-3-6-13-29)41(65)58-33(17-10-24-54-46(51)52)44(68)60-25-11-18-36(60)43(67)57-31(16-9-23-53-45(49)50)40(64)59-34(39(48)63)27-37(47)61/h3-8,12-15,28,31-36H,9-11,16-27H2,1-2H3,(H2,47,61)(H2,48,63)(H,55,62)(H,56,66)(H,57,67)(H,58,65)(H,59,64)(H4,49,50,53)(H4,51,52,54)/t31-,32-,33-,34-,35-,36-/m0/s1. The summed E-state index contributed by atoms with van der Waals surface area (Å²) in [5, 5.41) is 13.6. The van der Waals surface area contributed by atoms with Gasteiger partial charge in [0.15, 0.2) is 11.9 Å². The van der Waals surface area contributed by atoms with Gasteiger partial charge in [-0.25, -0.2) is 0 Å². The zero-order valence-electron chi connectivity index (χ0n) is 39.0. The van der Waals surface area contributed by atoms with E-state index >= 15 is 0 Å². The first-order chi connectivity index (χ1) is 32.3. The summed E-state index contributed by atoms with van der Waals surface area (Å²) in [6, 6.07) is 11.6. The van der Waals surface area contributed by atoms with Crippen LogP contribution in [-0.4, -0.2) is 120 Å². The van der Waals surface area contributed by atoms with Crippen LogP contribution in [0.3, 0.4) is 0 Å². The molecular weight excluding hydrogens is 877 g/mol. The van der Waals surface area contributed by atoms with Crippen LogP contribution in [0.15, 0.2) is 70.6 Å². The minimum atomic E-state index is -1.46. The molecule has 0 bridgehead atoms. The monoisotopic (exact) mass is 947 g/mol. The third kappa shape index (κ3) is 20.1. The number of nitrogens with two attached hydrogens (primary N) is 6. The van der Waals surface area contributed by atoms with Crippen molar-refractivity contribution in [2.75, 3.05) is 19.6 Å². The van der Waals surface area contributed by atoms with E-state index in [0.717, 1.165) is 11.1 Å². The molecule has 1 fully saturated rings. The number of hydrogen-bond donors (Lipinski definition) is 11. The highest BCUT2D eigenvalue weighted by Gasteiger charge is 2.40. The van der Waals surface area contributed by atoms with Gasteiger partial charge in [0.2, 0.25) is 47.3 Å². The highest BCUT2D eigenvalue weighted by atomic mass is 16.2. The van der Waals surface area contributed by atoms with Crippen LogP contribution in [0.25, 0.3) is 0 Å². The summed E-state index contributed by atoms with van der Waals surface area (Å²) in [6.45, 7) is 4.15. The summed E-state index contributed by atoms with van der Waals surface area (Å²) in [4.78, 5) is 117. The van der Waals surface area contributed by atoms with E-state index in [-0.39, 0.29) is 94.7 Å². The zero-order valence-corrected chi connectivity index (χ0v) is 39.0. The van der Waals surface area contributed by atoms with Crippen LogP contribution in [0.2, 0.25) is 0 Å². The third-order valence-electron chi connectivity index (χ3n) is 11.1. The smallest absolute Gasteiger partial charge is 0.245 e. The molecule has 0 aromatic heterocycles. The lowest BCUT2D eigenvalue weighted by atomic mass is 10.00. The summed E-state index contributed by atoms with van der Waals surface area (Å²) in [7, 11) is 0. The van der Waals surface area contributed by atoms with E-state index in [1.165, 1.54) is 4.90 Å². The number of primary amides is 2. The van der Waals surface area contributed by atoms with E-state index in [1.54, 1.807) is 0 Å².